The van der Waals surface area contributed by atoms with E-state index in [1.807, 2.05) is 0 Å². The first kappa shape index (κ1) is 9.72. The number of methoxy groups -OCH3 is 1. The number of fused-ring (bicyclic) bond motifs is 1. The van der Waals surface area contributed by atoms with Crippen LogP contribution in [0.1, 0.15) is 10.4 Å². The zero-order chi connectivity index (χ0) is 11.0. The number of nitrogen functional groups attached to an aromatic ring is 1. The number of aromatic carboxylic acids is 1. The molecule has 0 aliphatic carbocycles. The highest BCUT2D eigenvalue weighted by Gasteiger charge is 2.14. The molecule has 0 aliphatic heterocycles. The number of aromatic nitrogens is 1. The molecule has 1 heterocycles. The van der Waals surface area contributed by atoms with Gasteiger partial charge in [0, 0.05) is 6.07 Å². The predicted octanol–water partition coefficient (Wildman–Crippen LogP) is 1.59. The minimum Gasteiger partial charge on any atom is -0.497 e. The molecule has 0 amide bonds. The molecule has 0 bridgehead atoms. The Bertz CT molecular complexity index is 535. The zero-order valence-corrected chi connectivity index (χ0v) is 8.67. The molecule has 15 heavy (non-hydrogen) atoms. The Labute approximate surface area is 89.1 Å². The van der Waals surface area contributed by atoms with E-state index in [1.165, 1.54) is 13.2 Å². The molecule has 0 unspecified atom stereocenters. The summed E-state index contributed by atoms with van der Waals surface area (Å²) in [5.41, 5.74) is 6.24. The van der Waals surface area contributed by atoms with Gasteiger partial charge in [0.2, 0.25) is 0 Å². The van der Waals surface area contributed by atoms with Crippen LogP contribution in [0.25, 0.3) is 10.2 Å². The highest BCUT2D eigenvalue weighted by Crippen LogP contribution is 2.31. The van der Waals surface area contributed by atoms with E-state index in [0.717, 1.165) is 11.3 Å². The van der Waals surface area contributed by atoms with E-state index in [2.05, 4.69) is 4.98 Å². The van der Waals surface area contributed by atoms with Gasteiger partial charge in [0.25, 0.3) is 0 Å². The molecule has 0 saturated carbocycles. The summed E-state index contributed by atoms with van der Waals surface area (Å²) in [7, 11) is 1.47. The third kappa shape index (κ3) is 1.59. The lowest BCUT2D eigenvalue weighted by Crippen LogP contribution is -1.97. The summed E-state index contributed by atoms with van der Waals surface area (Å²) in [6.45, 7) is 0. The molecule has 0 saturated heterocycles. The van der Waals surface area contributed by atoms with Gasteiger partial charge in [-0.05, 0) is 6.07 Å². The molecule has 0 fully saturated rings. The van der Waals surface area contributed by atoms with Gasteiger partial charge in [-0.15, -0.1) is 0 Å². The standard InChI is InChI=1S/C9H8N2O3S/c1-14-4-2-5(8(12)13)7-6(3-4)11-9(10)15-7/h2-3H,1H3,(H2,10,11)(H,12,13). The number of anilines is 1. The number of ether oxygens (including phenoxy) is 1. The van der Waals surface area contributed by atoms with Crippen LogP contribution in [-0.2, 0) is 0 Å². The number of nitrogens with two attached hydrogens (primary N) is 1. The fraction of sp³-hybridized carbons (Fsp3) is 0.111. The van der Waals surface area contributed by atoms with Gasteiger partial charge in [-0.2, -0.15) is 0 Å². The molecule has 0 radical (unpaired) electrons. The third-order valence-electron chi connectivity index (χ3n) is 1.95. The van der Waals surface area contributed by atoms with Crippen LogP contribution in [0.2, 0.25) is 0 Å². The Morgan fingerprint density at radius 1 is 1.60 bits per heavy atom. The maximum atomic E-state index is 11.0. The van der Waals surface area contributed by atoms with Crippen molar-refractivity contribution in [3.8, 4) is 5.75 Å². The first-order valence-corrected chi connectivity index (χ1v) is 4.91. The van der Waals surface area contributed by atoms with Crippen molar-refractivity contribution in [3.63, 3.8) is 0 Å². The van der Waals surface area contributed by atoms with Crippen LogP contribution in [0.4, 0.5) is 5.13 Å². The second-order valence-electron chi connectivity index (χ2n) is 2.88. The van der Waals surface area contributed by atoms with Crippen molar-refractivity contribution in [2.75, 3.05) is 12.8 Å². The Hall–Kier alpha value is -1.82. The lowest BCUT2D eigenvalue weighted by molar-refractivity contribution is 0.0699. The van der Waals surface area contributed by atoms with Gasteiger partial charge in [-0.25, -0.2) is 9.78 Å². The molecule has 78 valence electrons. The molecule has 6 heteroatoms. The first-order valence-electron chi connectivity index (χ1n) is 4.09. The lowest BCUT2D eigenvalue weighted by atomic mass is 10.2. The molecule has 5 nitrogen and oxygen atoms in total. The van der Waals surface area contributed by atoms with Crippen molar-refractivity contribution in [2.24, 2.45) is 0 Å². The number of rotatable bonds is 2. The van der Waals surface area contributed by atoms with E-state index in [0.29, 0.717) is 21.1 Å². The zero-order valence-electron chi connectivity index (χ0n) is 7.85. The number of carboxylic acid groups (broad SMARTS) is 1. The normalized spacial score (nSPS) is 10.5. The molecular formula is C9H8N2O3S. The highest BCUT2D eigenvalue weighted by atomic mass is 32.1. The van der Waals surface area contributed by atoms with Crippen LogP contribution in [0, 0.1) is 0 Å². The van der Waals surface area contributed by atoms with Gasteiger partial charge in [-0.1, -0.05) is 11.3 Å². The van der Waals surface area contributed by atoms with Gasteiger partial charge < -0.3 is 15.6 Å². The topological polar surface area (TPSA) is 85.4 Å². The monoisotopic (exact) mass is 224 g/mol. The minimum atomic E-state index is -1.01. The quantitative estimate of drug-likeness (QED) is 0.808. The number of thiazole rings is 1. The van der Waals surface area contributed by atoms with Crippen LogP contribution in [0.5, 0.6) is 5.75 Å². The fourth-order valence-electron chi connectivity index (χ4n) is 1.30. The molecular weight excluding hydrogens is 216 g/mol. The molecule has 0 atom stereocenters. The maximum absolute atomic E-state index is 11.0. The van der Waals surface area contributed by atoms with Crippen molar-refractivity contribution >= 4 is 32.7 Å². The molecule has 3 N–H and O–H groups in total. The van der Waals surface area contributed by atoms with Gasteiger partial charge in [0.1, 0.15) is 5.75 Å². The van der Waals surface area contributed by atoms with Crippen LogP contribution >= 0.6 is 11.3 Å². The number of hydrogen-bond acceptors (Lipinski definition) is 5. The van der Waals surface area contributed by atoms with Crippen molar-refractivity contribution in [1.29, 1.82) is 0 Å². The largest absolute Gasteiger partial charge is 0.497 e. The van der Waals surface area contributed by atoms with Gasteiger partial charge >= 0.3 is 5.97 Å². The lowest BCUT2D eigenvalue weighted by Gasteiger charge is -2.01. The van der Waals surface area contributed by atoms with E-state index in [1.54, 1.807) is 6.07 Å². The van der Waals surface area contributed by atoms with Gasteiger partial charge in [-0.3, -0.25) is 0 Å². The van der Waals surface area contributed by atoms with E-state index >= 15 is 0 Å². The van der Waals surface area contributed by atoms with Gasteiger partial charge in [0.05, 0.1) is 22.9 Å². The molecule has 2 rings (SSSR count). The van der Waals surface area contributed by atoms with Crippen LogP contribution in [-0.4, -0.2) is 23.2 Å². The predicted molar refractivity (Wildman–Crippen MR) is 57.5 cm³/mol. The summed E-state index contributed by atoms with van der Waals surface area (Å²) in [6.07, 6.45) is 0. The Balaban J connectivity index is 2.79. The van der Waals surface area contributed by atoms with E-state index in [4.69, 9.17) is 15.6 Å². The molecule has 0 spiro atoms. The minimum absolute atomic E-state index is 0.165. The summed E-state index contributed by atoms with van der Waals surface area (Å²) in [6, 6.07) is 3.12. The number of benzene rings is 1. The Morgan fingerprint density at radius 3 is 2.93 bits per heavy atom. The average molecular weight is 224 g/mol. The molecule has 1 aromatic heterocycles. The summed E-state index contributed by atoms with van der Waals surface area (Å²) in [4.78, 5) is 15.0. The van der Waals surface area contributed by atoms with Crippen molar-refractivity contribution in [1.82, 2.24) is 4.98 Å². The SMILES string of the molecule is COc1cc(C(=O)O)c2sc(N)nc2c1. The van der Waals surface area contributed by atoms with E-state index in [9.17, 15) is 4.79 Å². The summed E-state index contributed by atoms with van der Waals surface area (Å²) >= 11 is 1.16. The van der Waals surface area contributed by atoms with Crippen LogP contribution in [0.3, 0.4) is 0 Å². The number of nitrogens with zero attached hydrogens (tertiary/aromatic N) is 1. The van der Waals surface area contributed by atoms with Gasteiger partial charge in [0.15, 0.2) is 5.13 Å². The summed E-state index contributed by atoms with van der Waals surface area (Å²) in [5, 5.41) is 9.34. The first-order chi connectivity index (χ1) is 7.11. The Morgan fingerprint density at radius 2 is 2.33 bits per heavy atom. The second-order valence-corrected chi connectivity index (χ2v) is 3.91. The highest BCUT2D eigenvalue weighted by molar-refractivity contribution is 7.22. The smallest absolute Gasteiger partial charge is 0.337 e. The third-order valence-corrected chi connectivity index (χ3v) is 2.88. The number of hydrogen-bond donors (Lipinski definition) is 2. The summed E-state index contributed by atoms with van der Waals surface area (Å²) < 4.78 is 5.55. The van der Waals surface area contributed by atoms with Crippen molar-refractivity contribution in [3.05, 3.63) is 17.7 Å². The second kappa shape index (κ2) is 3.39. The molecule has 1 aromatic carbocycles. The average Bonchev–Trinajstić information content (AvgIpc) is 2.55. The van der Waals surface area contributed by atoms with Crippen molar-refractivity contribution < 1.29 is 14.6 Å². The molecule has 0 aliphatic rings. The fourth-order valence-corrected chi connectivity index (χ4v) is 2.12. The van der Waals surface area contributed by atoms with Crippen molar-refractivity contribution in [2.45, 2.75) is 0 Å². The van der Waals surface area contributed by atoms with Crippen LogP contribution in [0.15, 0.2) is 12.1 Å². The van der Waals surface area contributed by atoms with E-state index in [-0.39, 0.29) is 5.56 Å². The summed E-state index contributed by atoms with van der Waals surface area (Å²) in [5.74, 6) is -0.548. The maximum Gasteiger partial charge on any atom is 0.337 e. The molecule has 2 aromatic rings. The number of carbonyl (C=O) groups is 1. The number of carboxylic acids is 1. The Kier molecular flexibility index (Phi) is 2.20. The van der Waals surface area contributed by atoms with Crippen LogP contribution < -0.4 is 10.5 Å². The van der Waals surface area contributed by atoms with E-state index < -0.39 is 5.97 Å².